The van der Waals surface area contributed by atoms with Gasteiger partial charge in [-0.25, -0.2) is 0 Å². The Morgan fingerprint density at radius 1 is 1.08 bits per heavy atom. The minimum Gasteiger partial charge on any atom is -0.493 e. The Bertz CT molecular complexity index is 616. The number of carbonyl (C=O) groups is 2. The van der Waals surface area contributed by atoms with Crippen molar-refractivity contribution in [2.45, 2.75) is 45.1 Å². The maximum Gasteiger partial charge on any atom is 0.226 e. The third kappa shape index (κ3) is 4.80. The number of nitrogens with one attached hydrogen (secondary N) is 1. The molecule has 0 spiro atoms. The van der Waals surface area contributed by atoms with Crippen LogP contribution in [0.5, 0.6) is 17.2 Å². The Labute approximate surface area is 154 Å². The molecule has 0 radical (unpaired) electrons. The van der Waals surface area contributed by atoms with Crippen LogP contribution in [0.1, 0.15) is 39.0 Å². The highest BCUT2D eigenvalue weighted by Gasteiger charge is 2.25. The largest absolute Gasteiger partial charge is 0.493 e. The number of anilines is 1. The summed E-state index contributed by atoms with van der Waals surface area (Å²) in [5.74, 6) is 1.27. The quantitative estimate of drug-likeness (QED) is 0.767. The molecule has 144 valence electrons. The van der Waals surface area contributed by atoms with E-state index in [1.807, 2.05) is 4.90 Å². The third-order valence-electron chi connectivity index (χ3n) is 4.70. The van der Waals surface area contributed by atoms with E-state index in [9.17, 15) is 9.59 Å². The molecule has 0 saturated heterocycles. The normalized spacial score (nSPS) is 14.0. The van der Waals surface area contributed by atoms with Gasteiger partial charge in [-0.15, -0.1) is 0 Å². The Morgan fingerprint density at radius 2 is 1.65 bits per heavy atom. The van der Waals surface area contributed by atoms with Crippen LogP contribution in [0.15, 0.2) is 12.1 Å². The van der Waals surface area contributed by atoms with Crippen molar-refractivity contribution >= 4 is 17.5 Å². The fourth-order valence-electron chi connectivity index (χ4n) is 3.41. The summed E-state index contributed by atoms with van der Waals surface area (Å²) < 4.78 is 15.9. The summed E-state index contributed by atoms with van der Waals surface area (Å²) in [6.07, 6.45) is 4.58. The number of rotatable bonds is 8. The Hall–Kier alpha value is -2.44. The molecule has 7 heteroatoms. The summed E-state index contributed by atoms with van der Waals surface area (Å²) in [5.41, 5.74) is 0.555. The van der Waals surface area contributed by atoms with Gasteiger partial charge in [0.25, 0.3) is 0 Å². The van der Waals surface area contributed by atoms with Crippen molar-refractivity contribution in [1.82, 2.24) is 4.90 Å². The maximum atomic E-state index is 12.3. The van der Waals surface area contributed by atoms with Crippen LogP contribution in [-0.2, 0) is 9.59 Å². The minimum absolute atomic E-state index is 0.0254. The number of hydrogen-bond donors (Lipinski definition) is 1. The van der Waals surface area contributed by atoms with Crippen molar-refractivity contribution in [3.05, 3.63) is 12.1 Å². The van der Waals surface area contributed by atoms with Crippen molar-refractivity contribution < 1.29 is 23.8 Å². The van der Waals surface area contributed by atoms with Crippen molar-refractivity contribution in [2.24, 2.45) is 0 Å². The first-order chi connectivity index (χ1) is 12.5. The molecule has 0 heterocycles. The molecule has 1 aliphatic rings. The summed E-state index contributed by atoms with van der Waals surface area (Å²) in [6.45, 7) is 1.99. The molecule has 1 N–H and O–H groups in total. The first-order valence-corrected chi connectivity index (χ1v) is 8.87. The van der Waals surface area contributed by atoms with Crippen LogP contribution in [0.3, 0.4) is 0 Å². The Morgan fingerprint density at radius 3 is 2.12 bits per heavy atom. The van der Waals surface area contributed by atoms with Gasteiger partial charge in [0.15, 0.2) is 11.5 Å². The smallest absolute Gasteiger partial charge is 0.226 e. The molecule has 26 heavy (non-hydrogen) atoms. The average molecular weight is 364 g/mol. The maximum absolute atomic E-state index is 12.3. The van der Waals surface area contributed by atoms with E-state index in [0.717, 1.165) is 25.7 Å². The van der Waals surface area contributed by atoms with Gasteiger partial charge in [0.1, 0.15) is 0 Å². The summed E-state index contributed by atoms with van der Waals surface area (Å²) in [5, 5.41) is 2.84. The van der Waals surface area contributed by atoms with Crippen LogP contribution >= 0.6 is 0 Å². The molecule has 0 bridgehead atoms. The predicted molar refractivity (Wildman–Crippen MR) is 99.0 cm³/mol. The number of nitrogens with zero attached hydrogens (tertiary/aromatic N) is 1. The summed E-state index contributed by atoms with van der Waals surface area (Å²) >= 11 is 0. The van der Waals surface area contributed by atoms with E-state index < -0.39 is 0 Å². The van der Waals surface area contributed by atoms with Gasteiger partial charge in [0.2, 0.25) is 17.6 Å². The zero-order valence-corrected chi connectivity index (χ0v) is 16.0. The van der Waals surface area contributed by atoms with Crippen LogP contribution in [0.4, 0.5) is 5.69 Å². The van der Waals surface area contributed by atoms with E-state index in [1.165, 1.54) is 21.3 Å². The van der Waals surface area contributed by atoms with Crippen LogP contribution in [-0.4, -0.2) is 50.6 Å². The highest BCUT2D eigenvalue weighted by Crippen LogP contribution is 2.39. The van der Waals surface area contributed by atoms with Crippen molar-refractivity contribution in [3.8, 4) is 17.2 Å². The first kappa shape index (κ1) is 19.9. The van der Waals surface area contributed by atoms with Crippen LogP contribution in [0.25, 0.3) is 0 Å². The van der Waals surface area contributed by atoms with Crippen LogP contribution < -0.4 is 19.5 Å². The van der Waals surface area contributed by atoms with Crippen molar-refractivity contribution in [1.29, 1.82) is 0 Å². The van der Waals surface area contributed by atoms with Crippen molar-refractivity contribution in [2.75, 3.05) is 33.2 Å². The summed E-state index contributed by atoms with van der Waals surface area (Å²) in [6, 6.07) is 3.62. The average Bonchev–Trinajstić information content (AvgIpc) is 3.14. The van der Waals surface area contributed by atoms with E-state index in [4.69, 9.17) is 14.2 Å². The molecular weight excluding hydrogens is 336 g/mol. The van der Waals surface area contributed by atoms with Gasteiger partial charge in [-0.1, -0.05) is 12.8 Å². The molecule has 1 aliphatic carbocycles. The molecule has 2 rings (SSSR count). The lowest BCUT2D eigenvalue weighted by Gasteiger charge is -2.27. The van der Waals surface area contributed by atoms with Crippen LogP contribution in [0.2, 0.25) is 0 Å². The summed E-state index contributed by atoms with van der Waals surface area (Å²) in [4.78, 5) is 26.1. The monoisotopic (exact) mass is 364 g/mol. The molecule has 0 atom stereocenters. The topological polar surface area (TPSA) is 77.1 Å². The van der Waals surface area contributed by atoms with E-state index in [0.29, 0.717) is 29.5 Å². The SMILES string of the molecule is COc1cc(NC(=O)CCN(C(C)=O)C2CCCC2)cc(OC)c1OC. The molecule has 0 unspecified atom stereocenters. The van der Waals surface area contributed by atoms with Gasteiger partial charge >= 0.3 is 0 Å². The number of amides is 2. The zero-order chi connectivity index (χ0) is 19.1. The first-order valence-electron chi connectivity index (χ1n) is 8.87. The predicted octanol–water partition coefficient (Wildman–Crippen LogP) is 2.83. The van der Waals surface area contributed by atoms with Crippen molar-refractivity contribution in [3.63, 3.8) is 0 Å². The van der Waals surface area contributed by atoms with E-state index in [2.05, 4.69) is 5.32 Å². The highest BCUT2D eigenvalue weighted by molar-refractivity contribution is 5.92. The number of hydrogen-bond acceptors (Lipinski definition) is 5. The molecule has 1 aromatic rings. The lowest BCUT2D eigenvalue weighted by atomic mass is 10.2. The second-order valence-corrected chi connectivity index (χ2v) is 6.36. The standard InChI is InChI=1S/C19H28N2O5/c1-13(22)21(15-7-5-6-8-15)10-9-18(23)20-14-11-16(24-2)19(26-4)17(12-14)25-3/h11-12,15H,5-10H2,1-4H3,(H,20,23). The molecular formula is C19H28N2O5. The third-order valence-corrected chi connectivity index (χ3v) is 4.70. The molecule has 1 aromatic carbocycles. The molecule has 1 fully saturated rings. The Balaban J connectivity index is 2.01. The number of methoxy groups -OCH3 is 3. The minimum atomic E-state index is -0.163. The van der Waals surface area contributed by atoms with Gasteiger partial charge in [-0.05, 0) is 12.8 Å². The molecule has 0 aliphatic heterocycles. The second kappa shape index (κ2) is 9.31. The number of ether oxygens (including phenoxy) is 3. The lowest BCUT2D eigenvalue weighted by molar-refractivity contribution is -0.131. The van der Waals surface area contributed by atoms with E-state index >= 15 is 0 Å². The van der Waals surface area contributed by atoms with Gasteiger partial charge < -0.3 is 24.4 Å². The molecule has 7 nitrogen and oxygen atoms in total. The van der Waals surface area contributed by atoms with Gasteiger partial charge in [0.05, 0.1) is 21.3 Å². The molecule has 0 aromatic heterocycles. The van der Waals surface area contributed by atoms with E-state index in [1.54, 1.807) is 19.1 Å². The Kier molecular flexibility index (Phi) is 7.12. The van der Waals surface area contributed by atoms with Gasteiger partial charge in [0, 0.05) is 43.8 Å². The molecule has 1 saturated carbocycles. The second-order valence-electron chi connectivity index (χ2n) is 6.36. The van der Waals surface area contributed by atoms with Gasteiger partial charge in [-0.2, -0.15) is 0 Å². The van der Waals surface area contributed by atoms with Gasteiger partial charge in [-0.3, -0.25) is 9.59 Å². The fourth-order valence-corrected chi connectivity index (χ4v) is 3.41. The summed E-state index contributed by atoms with van der Waals surface area (Å²) in [7, 11) is 4.57. The molecule has 2 amide bonds. The number of carbonyl (C=O) groups excluding carboxylic acids is 2. The van der Waals surface area contributed by atoms with E-state index in [-0.39, 0.29) is 24.3 Å². The fraction of sp³-hybridized carbons (Fsp3) is 0.579. The highest BCUT2D eigenvalue weighted by atomic mass is 16.5. The zero-order valence-electron chi connectivity index (χ0n) is 16.0. The number of benzene rings is 1. The van der Waals surface area contributed by atoms with Crippen LogP contribution in [0, 0.1) is 0 Å². The lowest BCUT2D eigenvalue weighted by Crippen LogP contribution is -2.39.